The number of aromatic nitrogens is 4. The summed E-state index contributed by atoms with van der Waals surface area (Å²) in [5, 5.41) is 0. The van der Waals surface area contributed by atoms with Crippen LogP contribution in [0, 0.1) is 0 Å². The van der Waals surface area contributed by atoms with Crippen LogP contribution >= 0.6 is 7.60 Å². The highest BCUT2D eigenvalue weighted by molar-refractivity contribution is 7.51. The molecule has 4 N–H and O–H groups in total. The van der Waals surface area contributed by atoms with Crippen molar-refractivity contribution >= 4 is 29.7 Å². The van der Waals surface area contributed by atoms with Gasteiger partial charge in [-0.3, -0.25) is 9.46 Å². The van der Waals surface area contributed by atoms with E-state index in [1.807, 2.05) is 48.5 Å². The largest absolute Gasteiger partial charge is 0.341 e. The molecule has 4 rings (SSSR count). The zero-order valence-electron chi connectivity index (χ0n) is 13.8. The highest BCUT2D eigenvalue weighted by atomic mass is 31.2. The van der Waals surface area contributed by atoms with Crippen molar-refractivity contribution in [3.05, 3.63) is 60.2 Å². The number of nitrogens with zero attached hydrogens (tertiary/aromatic N) is 3. The van der Waals surface area contributed by atoms with Crippen molar-refractivity contribution in [2.24, 2.45) is 0 Å². The predicted octanol–water partition coefficient (Wildman–Crippen LogP) is 2.58. The van der Waals surface area contributed by atoms with Gasteiger partial charge in [0.05, 0.1) is 35.2 Å². The Kier molecular flexibility index (Phi) is 4.34. The SMILES string of the molecule is O=P(O)(O)CN(Cc1nc2ccccc2[nH]1)Cc1nc2ccccc2[nH]1. The van der Waals surface area contributed by atoms with Gasteiger partial charge in [-0.2, -0.15) is 0 Å². The van der Waals surface area contributed by atoms with Crippen molar-refractivity contribution in [2.45, 2.75) is 13.1 Å². The standard InChI is InChI=1S/C17H18N5O3P/c23-26(24,25)11-22(9-16-18-12-5-1-2-6-13(12)19-16)10-17-20-14-7-3-4-8-15(14)21-17/h1-8H,9-11H2,(H,18,19)(H,20,21)(H2,23,24,25). The van der Waals surface area contributed by atoms with E-state index in [4.69, 9.17) is 0 Å². The average molecular weight is 371 g/mol. The van der Waals surface area contributed by atoms with Gasteiger partial charge in [-0.15, -0.1) is 0 Å². The topological polar surface area (TPSA) is 118 Å². The minimum Gasteiger partial charge on any atom is -0.341 e. The van der Waals surface area contributed by atoms with Crippen molar-refractivity contribution in [1.82, 2.24) is 24.8 Å². The summed E-state index contributed by atoms with van der Waals surface area (Å²) in [4.78, 5) is 35.8. The van der Waals surface area contributed by atoms with Crippen LogP contribution in [0.25, 0.3) is 22.1 Å². The van der Waals surface area contributed by atoms with E-state index in [1.54, 1.807) is 4.90 Å². The highest BCUT2D eigenvalue weighted by Crippen LogP contribution is 2.36. The van der Waals surface area contributed by atoms with Crippen LogP contribution < -0.4 is 0 Å². The number of hydrogen-bond donors (Lipinski definition) is 4. The molecule has 2 heterocycles. The molecule has 4 aromatic rings. The van der Waals surface area contributed by atoms with Gasteiger partial charge >= 0.3 is 7.60 Å². The maximum absolute atomic E-state index is 11.6. The molecule has 2 aromatic heterocycles. The number of rotatable bonds is 6. The fourth-order valence-electron chi connectivity index (χ4n) is 3.00. The number of aromatic amines is 2. The van der Waals surface area contributed by atoms with E-state index in [0.29, 0.717) is 11.6 Å². The second-order valence-electron chi connectivity index (χ2n) is 6.19. The van der Waals surface area contributed by atoms with Gasteiger partial charge in [-0.25, -0.2) is 9.97 Å². The molecule has 0 saturated carbocycles. The molecule has 0 atom stereocenters. The molecule has 0 bridgehead atoms. The van der Waals surface area contributed by atoms with E-state index >= 15 is 0 Å². The number of nitrogens with one attached hydrogen (secondary N) is 2. The molecule has 0 aliphatic rings. The van der Waals surface area contributed by atoms with Gasteiger partial charge in [-0.05, 0) is 24.3 Å². The summed E-state index contributed by atoms with van der Waals surface area (Å²) in [6, 6.07) is 15.2. The average Bonchev–Trinajstić information content (AvgIpc) is 3.15. The van der Waals surface area contributed by atoms with Crippen LogP contribution in [-0.2, 0) is 17.7 Å². The minimum atomic E-state index is -4.22. The lowest BCUT2D eigenvalue weighted by molar-refractivity contribution is 0.254. The Morgan fingerprint density at radius 2 is 1.31 bits per heavy atom. The molecular formula is C17H18N5O3P. The van der Waals surface area contributed by atoms with Gasteiger partial charge in [0.15, 0.2) is 0 Å². The minimum absolute atomic E-state index is 0.275. The molecule has 0 saturated heterocycles. The summed E-state index contributed by atoms with van der Waals surface area (Å²) in [5.74, 6) is 1.30. The lowest BCUT2D eigenvalue weighted by atomic mass is 10.3. The summed E-state index contributed by atoms with van der Waals surface area (Å²) in [5.41, 5.74) is 3.43. The van der Waals surface area contributed by atoms with Crippen LogP contribution in [-0.4, -0.2) is 40.9 Å². The predicted molar refractivity (Wildman–Crippen MR) is 98.3 cm³/mol. The third-order valence-corrected chi connectivity index (χ3v) is 4.78. The Morgan fingerprint density at radius 3 is 1.73 bits per heavy atom. The van der Waals surface area contributed by atoms with E-state index in [9.17, 15) is 14.4 Å². The van der Waals surface area contributed by atoms with Gasteiger partial charge < -0.3 is 19.8 Å². The Morgan fingerprint density at radius 1 is 0.846 bits per heavy atom. The monoisotopic (exact) mass is 371 g/mol. The third-order valence-electron chi connectivity index (χ3n) is 4.01. The number of fused-ring (bicyclic) bond motifs is 2. The summed E-state index contributed by atoms with van der Waals surface area (Å²) in [6.07, 6.45) is -0.374. The molecule has 8 nitrogen and oxygen atoms in total. The van der Waals surface area contributed by atoms with Crippen molar-refractivity contribution in [2.75, 3.05) is 6.29 Å². The molecular weight excluding hydrogens is 353 g/mol. The molecule has 0 aliphatic carbocycles. The van der Waals surface area contributed by atoms with E-state index in [2.05, 4.69) is 19.9 Å². The summed E-state index contributed by atoms with van der Waals surface area (Å²) < 4.78 is 11.6. The number of hydrogen-bond acceptors (Lipinski definition) is 4. The molecule has 134 valence electrons. The van der Waals surface area contributed by atoms with E-state index in [1.165, 1.54) is 0 Å². The Balaban J connectivity index is 1.59. The van der Waals surface area contributed by atoms with Crippen LogP contribution in [0.2, 0.25) is 0 Å². The van der Waals surface area contributed by atoms with E-state index in [-0.39, 0.29) is 19.4 Å². The summed E-state index contributed by atoms with van der Waals surface area (Å²) in [6.45, 7) is 0.549. The van der Waals surface area contributed by atoms with Gasteiger partial charge in [-0.1, -0.05) is 24.3 Å². The zero-order valence-corrected chi connectivity index (χ0v) is 14.7. The Labute approximate surface area is 149 Å². The number of imidazole rings is 2. The lowest BCUT2D eigenvalue weighted by Gasteiger charge is -2.20. The Hall–Kier alpha value is -2.51. The molecule has 26 heavy (non-hydrogen) atoms. The molecule has 0 unspecified atom stereocenters. The first-order chi connectivity index (χ1) is 12.5. The quantitative estimate of drug-likeness (QED) is 0.387. The van der Waals surface area contributed by atoms with Crippen LogP contribution in [0.1, 0.15) is 11.6 Å². The molecule has 0 spiro atoms. The molecule has 2 aromatic carbocycles. The summed E-state index contributed by atoms with van der Waals surface area (Å²) >= 11 is 0. The number of para-hydroxylation sites is 4. The fourth-order valence-corrected chi connectivity index (χ4v) is 3.72. The molecule has 0 aliphatic heterocycles. The zero-order chi connectivity index (χ0) is 18.1. The van der Waals surface area contributed by atoms with Crippen molar-refractivity contribution < 1.29 is 14.4 Å². The Bertz CT molecular complexity index is 958. The van der Waals surface area contributed by atoms with Crippen LogP contribution in [0.5, 0.6) is 0 Å². The van der Waals surface area contributed by atoms with Gasteiger partial charge in [0.25, 0.3) is 0 Å². The smallest absolute Gasteiger partial charge is 0.339 e. The van der Waals surface area contributed by atoms with E-state index in [0.717, 1.165) is 22.1 Å². The normalized spacial score (nSPS) is 12.4. The first-order valence-electron chi connectivity index (χ1n) is 8.10. The second-order valence-corrected chi connectivity index (χ2v) is 7.81. The molecule has 0 fully saturated rings. The number of benzene rings is 2. The summed E-state index contributed by atoms with van der Waals surface area (Å²) in [7, 11) is -4.22. The van der Waals surface area contributed by atoms with Gasteiger partial charge in [0, 0.05) is 0 Å². The lowest BCUT2D eigenvalue weighted by Crippen LogP contribution is -2.25. The van der Waals surface area contributed by atoms with Crippen LogP contribution in [0.15, 0.2) is 48.5 Å². The molecule has 0 radical (unpaired) electrons. The van der Waals surface area contributed by atoms with Gasteiger partial charge in [0.1, 0.15) is 17.9 Å². The molecule has 9 heteroatoms. The van der Waals surface area contributed by atoms with Crippen LogP contribution in [0.3, 0.4) is 0 Å². The maximum Gasteiger partial charge on any atom is 0.339 e. The third kappa shape index (κ3) is 3.84. The highest BCUT2D eigenvalue weighted by Gasteiger charge is 2.22. The van der Waals surface area contributed by atoms with Crippen molar-refractivity contribution in [1.29, 1.82) is 0 Å². The number of H-pyrrole nitrogens is 2. The van der Waals surface area contributed by atoms with Crippen molar-refractivity contribution in [3.8, 4) is 0 Å². The van der Waals surface area contributed by atoms with Crippen LogP contribution in [0.4, 0.5) is 0 Å². The maximum atomic E-state index is 11.6. The molecule has 0 amide bonds. The van der Waals surface area contributed by atoms with E-state index < -0.39 is 7.60 Å². The van der Waals surface area contributed by atoms with Gasteiger partial charge in [0.2, 0.25) is 0 Å². The first-order valence-corrected chi connectivity index (χ1v) is 9.90. The van der Waals surface area contributed by atoms with Crippen molar-refractivity contribution in [3.63, 3.8) is 0 Å². The first kappa shape index (κ1) is 16.9. The fraction of sp³-hybridized carbons (Fsp3) is 0.176. The second kappa shape index (κ2) is 6.66.